The number of anilines is 1. The molecule has 0 radical (unpaired) electrons. The first-order chi connectivity index (χ1) is 10.1. The smallest absolute Gasteiger partial charge is 0.250 e. The van der Waals surface area contributed by atoms with Crippen LogP contribution in [0, 0.1) is 12.8 Å². The average molecular weight is 283 g/mol. The van der Waals surface area contributed by atoms with E-state index < -0.39 is 0 Å². The van der Waals surface area contributed by atoms with E-state index in [9.17, 15) is 9.59 Å². The van der Waals surface area contributed by atoms with E-state index in [0.29, 0.717) is 23.2 Å². The van der Waals surface area contributed by atoms with Gasteiger partial charge in [0.15, 0.2) is 0 Å². The summed E-state index contributed by atoms with van der Waals surface area (Å²) in [5.74, 6) is 0.550. The topological polar surface area (TPSA) is 46.2 Å². The maximum absolute atomic E-state index is 11.9. The van der Waals surface area contributed by atoms with E-state index in [2.05, 4.69) is 12.2 Å². The van der Waals surface area contributed by atoms with Crippen LogP contribution in [-0.2, 0) is 0 Å². The van der Waals surface area contributed by atoms with Crippen LogP contribution < -0.4 is 16.2 Å². The Morgan fingerprint density at radius 2 is 1.67 bits per heavy atom. The molecule has 21 heavy (non-hydrogen) atoms. The summed E-state index contributed by atoms with van der Waals surface area (Å²) in [6.45, 7) is 4.22. The Morgan fingerprint density at radius 3 is 2.33 bits per heavy atom. The van der Waals surface area contributed by atoms with Crippen molar-refractivity contribution in [3.05, 3.63) is 50.3 Å². The fraction of sp³-hybridized carbons (Fsp3) is 0.444. The zero-order valence-electron chi connectivity index (χ0n) is 12.6. The van der Waals surface area contributed by atoms with E-state index in [1.54, 1.807) is 0 Å². The van der Waals surface area contributed by atoms with E-state index >= 15 is 0 Å². The van der Waals surface area contributed by atoms with Crippen LogP contribution in [-0.4, -0.2) is 6.04 Å². The van der Waals surface area contributed by atoms with Crippen LogP contribution >= 0.6 is 0 Å². The summed E-state index contributed by atoms with van der Waals surface area (Å²) < 4.78 is 0. The molecule has 0 heterocycles. The molecule has 1 aliphatic carbocycles. The lowest BCUT2D eigenvalue weighted by atomic mass is 9.85. The van der Waals surface area contributed by atoms with E-state index in [1.807, 2.05) is 31.2 Å². The zero-order chi connectivity index (χ0) is 15.0. The summed E-state index contributed by atoms with van der Waals surface area (Å²) in [5, 5.41) is 3.36. The van der Waals surface area contributed by atoms with Crippen molar-refractivity contribution in [3.8, 4) is 11.1 Å². The average Bonchev–Trinajstić information content (AvgIpc) is 2.50. The van der Waals surface area contributed by atoms with Gasteiger partial charge in [0.2, 0.25) is 10.9 Å². The highest BCUT2D eigenvalue weighted by Gasteiger charge is 2.27. The number of hydrogen-bond donors (Lipinski definition) is 1. The summed E-state index contributed by atoms with van der Waals surface area (Å²) in [6, 6.07) is 8.09. The van der Waals surface area contributed by atoms with Crippen molar-refractivity contribution in [1.29, 1.82) is 0 Å². The molecular formula is C18H21NO2. The van der Waals surface area contributed by atoms with E-state index in [4.69, 9.17) is 0 Å². The number of benzene rings is 1. The quantitative estimate of drug-likeness (QED) is 0.880. The van der Waals surface area contributed by atoms with Crippen molar-refractivity contribution in [2.45, 2.75) is 45.6 Å². The second kappa shape index (κ2) is 5.47. The van der Waals surface area contributed by atoms with Gasteiger partial charge >= 0.3 is 0 Å². The van der Waals surface area contributed by atoms with Gasteiger partial charge in [-0.3, -0.25) is 9.59 Å². The van der Waals surface area contributed by atoms with Gasteiger partial charge in [0.05, 0.1) is 11.3 Å². The van der Waals surface area contributed by atoms with Gasteiger partial charge in [0.25, 0.3) is 0 Å². The normalized spacial score (nSPS) is 22.4. The Labute approximate surface area is 124 Å². The van der Waals surface area contributed by atoms with Gasteiger partial charge in [-0.15, -0.1) is 0 Å². The Kier molecular flexibility index (Phi) is 3.66. The van der Waals surface area contributed by atoms with Gasteiger partial charge in [0, 0.05) is 6.04 Å². The second-order valence-corrected chi connectivity index (χ2v) is 6.29. The molecule has 1 aliphatic rings. The first-order valence-electron chi connectivity index (χ1n) is 7.75. The first-order valence-corrected chi connectivity index (χ1v) is 7.75. The van der Waals surface area contributed by atoms with Crippen molar-refractivity contribution < 1.29 is 0 Å². The van der Waals surface area contributed by atoms with Crippen LogP contribution in [0.5, 0.6) is 0 Å². The summed E-state index contributed by atoms with van der Waals surface area (Å²) in [5.41, 5.74) is 2.37. The molecule has 2 aromatic rings. The third-order valence-corrected chi connectivity index (χ3v) is 4.69. The van der Waals surface area contributed by atoms with Gasteiger partial charge in [0.1, 0.15) is 0 Å². The highest BCUT2D eigenvalue weighted by Crippen LogP contribution is 2.30. The third-order valence-electron chi connectivity index (χ3n) is 4.69. The number of rotatable bonds is 3. The van der Waals surface area contributed by atoms with E-state index in [0.717, 1.165) is 17.5 Å². The molecule has 3 nitrogen and oxygen atoms in total. The van der Waals surface area contributed by atoms with Gasteiger partial charge in [-0.25, -0.2) is 0 Å². The van der Waals surface area contributed by atoms with Crippen molar-refractivity contribution >= 4 is 5.69 Å². The Bertz CT molecular complexity index is 708. The zero-order valence-corrected chi connectivity index (χ0v) is 12.6. The molecule has 0 aliphatic heterocycles. The fourth-order valence-corrected chi connectivity index (χ4v) is 3.24. The van der Waals surface area contributed by atoms with E-state index in [-0.39, 0.29) is 10.9 Å². The number of aryl methyl sites for hydroxylation is 1. The van der Waals surface area contributed by atoms with Gasteiger partial charge in [-0.2, -0.15) is 0 Å². The second-order valence-electron chi connectivity index (χ2n) is 6.29. The minimum Gasteiger partial charge on any atom is -0.378 e. The van der Waals surface area contributed by atoms with Crippen molar-refractivity contribution in [1.82, 2.24) is 0 Å². The standard InChI is InChI=1S/C18H21NO2/c1-11-7-9-13(10-8-11)15-16(18(21)17(15)20)19-14-6-4-3-5-12(14)2/h7-10,12,14,19H,3-6H2,1-2H3/t12-,14+/m1/s1. The predicted molar refractivity (Wildman–Crippen MR) is 86.6 cm³/mol. The maximum Gasteiger partial charge on any atom is 0.250 e. The molecule has 0 saturated heterocycles. The molecule has 2 atom stereocenters. The molecule has 0 spiro atoms. The van der Waals surface area contributed by atoms with Crippen molar-refractivity contribution in [2.75, 3.05) is 5.32 Å². The van der Waals surface area contributed by atoms with E-state index in [1.165, 1.54) is 19.3 Å². The monoisotopic (exact) mass is 283 g/mol. The molecule has 0 aromatic heterocycles. The van der Waals surface area contributed by atoms with Crippen LogP contribution in [0.3, 0.4) is 0 Å². The summed E-state index contributed by atoms with van der Waals surface area (Å²) in [4.78, 5) is 23.9. The highest BCUT2D eigenvalue weighted by atomic mass is 16.2. The Balaban J connectivity index is 1.90. The molecule has 1 N–H and O–H groups in total. The molecule has 0 amide bonds. The van der Waals surface area contributed by atoms with Crippen LogP contribution in [0.25, 0.3) is 11.1 Å². The first kappa shape index (κ1) is 14.1. The lowest BCUT2D eigenvalue weighted by Gasteiger charge is -2.31. The van der Waals surface area contributed by atoms with Crippen LogP contribution in [0.1, 0.15) is 38.2 Å². The summed E-state index contributed by atoms with van der Waals surface area (Å²) in [6.07, 6.45) is 4.72. The van der Waals surface area contributed by atoms with Crippen LogP contribution in [0.15, 0.2) is 33.9 Å². The molecule has 0 unspecified atom stereocenters. The third kappa shape index (κ3) is 2.53. The minimum atomic E-state index is -0.358. The molecular weight excluding hydrogens is 262 g/mol. The lowest BCUT2D eigenvalue weighted by molar-refractivity contribution is 0.349. The Morgan fingerprint density at radius 1 is 1.00 bits per heavy atom. The van der Waals surface area contributed by atoms with Gasteiger partial charge < -0.3 is 5.32 Å². The molecule has 110 valence electrons. The minimum absolute atomic E-state index is 0.311. The molecule has 1 saturated carbocycles. The SMILES string of the molecule is Cc1ccc(-c2c(N[C@H]3CCCC[C@H]3C)c(=O)c2=O)cc1. The molecule has 2 aromatic carbocycles. The fourth-order valence-electron chi connectivity index (χ4n) is 3.24. The van der Waals surface area contributed by atoms with Gasteiger partial charge in [-0.1, -0.05) is 49.6 Å². The van der Waals surface area contributed by atoms with Crippen molar-refractivity contribution in [2.24, 2.45) is 5.92 Å². The predicted octanol–water partition coefficient (Wildman–Crippen LogP) is 3.25. The summed E-state index contributed by atoms with van der Waals surface area (Å²) in [7, 11) is 0. The summed E-state index contributed by atoms with van der Waals surface area (Å²) >= 11 is 0. The maximum atomic E-state index is 11.9. The number of nitrogens with one attached hydrogen (secondary N) is 1. The molecule has 1 fully saturated rings. The molecule has 0 bridgehead atoms. The highest BCUT2D eigenvalue weighted by molar-refractivity contribution is 5.82. The van der Waals surface area contributed by atoms with Crippen LogP contribution in [0.4, 0.5) is 5.69 Å². The van der Waals surface area contributed by atoms with Crippen LogP contribution in [0.2, 0.25) is 0 Å². The largest absolute Gasteiger partial charge is 0.378 e. The Hall–Kier alpha value is -1.90. The van der Waals surface area contributed by atoms with Gasteiger partial charge in [-0.05, 0) is 31.2 Å². The molecule has 3 rings (SSSR count). The molecule has 3 heteroatoms. The van der Waals surface area contributed by atoms with Crippen molar-refractivity contribution in [3.63, 3.8) is 0 Å². The number of hydrogen-bond acceptors (Lipinski definition) is 3. The lowest BCUT2D eigenvalue weighted by Crippen LogP contribution is -2.41.